The lowest BCUT2D eigenvalue weighted by molar-refractivity contribution is -0.00722. The van der Waals surface area contributed by atoms with Gasteiger partial charge in [0.1, 0.15) is 11.9 Å². The van der Waals surface area contributed by atoms with E-state index in [4.69, 9.17) is 4.74 Å². The van der Waals surface area contributed by atoms with Crippen LogP contribution in [0.25, 0.3) is 0 Å². The van der Waals surface area contributed by atoms with E-state index in [-0.39, 0.29) is 6.10 Å². The van der Waals surface area contributed by atoms with E-state index in [1.54, 1.807) is 31.0 Å². The van der Waals surface area contributed by atoms with Crippen LogP contribution in [-0.4, -0.2) is 27.9 Å². The van der Waals surface area contributed by atoms with Crippen LogP contribution in [0.2, 0.25) is 0 Å². The first-order chi connectivity index (χ1) is 5.66. The second-order valence-electron chi connectivity index (χ2n) is 2.78. The monoisotopic (exact) mass is 170 g/mol. The van der Waals surface area contributed by atoms with Gasteiger partial charge in [0.05, 0.1) is 6.10 Å². The molecule has 0 spiro atoms. The molecule has 0 fully saturated rings. The summed E-state index contributed by atoms with van der Waals surface area (Å²) in [6, 6.07) is 0. The molecule has 0 aliphatic carbocycles. The molecule has 0 bridgehead atoms. The van der Waals surface area contributed by atoms with Crippen molar-refractivity contribution in [1.82, 2.24) is 9.55 Å². The number of ether oxygens (including phenoxy) is 1. The average molecular weight is 170 g/mol. The molecule has 4 heteroatoms. The Kier molecular flexibility index (Phi) is 2.83. The third-order valence-corrected chi connectivity index (χ3v) is 1.94. The number of aromatic nitrogens is 2. The zero-order chi connectivity index (χ0) is 9.14. The summed E-state index contributed by atoms with van der Waals surface area (Å²) < 4.78 is 6.77. The topological polar surface area (TPSA) is 47.3 Å². The SMILES string of the molecule is COC(C)C(O)c1nccn1C. The van der Waals surface area contributed by atoms with Gasteiger partial charge in [-0.25, -0.2) is 4.98 Å². The van der Waals surface area contributed by atoms with Crippen LogP contribution in [-0.2, 0) is 11.8 Å². The van der Waals surface area contributed by atoms with Gasteiger partial charge in [0.15, 0.2) is 0 Å². The fraction of sp³-hybridized carbons (Fsp3) is 0.625. The Hall–Kier alpha value is -0.870. The minimum absolute atomic E-state index is 0.230. The normalized spacial score (nSPS) is 16.0. The van der Waals surface area contributed by atoms with E-state index in [0.29, 0.717) is 5.82 Å². The Morgan fingerprint density at radius 2 is 2.33 bits per heavy atom. The third-order valence-electron chi connectivity index (χ3n) is 1.94. The minimum atomic E-state index is -0.657. The van der Waals surface area contributed by atoms with Crippen molar-refractivity contribution in [3.8, 4) is 0 Å². The standard InChI is InChI=1S/C8H14N2O2/c1-6(12-3)7(11)8-9-4-5-10(8)2/h4-7,11H,1-3H3. The molecule has 12 heavy (non-hydrogen) atoms. The van der Waals surface area contributed by atoms with Crippen molar-refractivity contribution in [1.29, 1.82) is 0 Å². The van der Waals surface area contributed by atoms with Crippen LogP contribution in [0, 0.1) is 0 Å². The molecule has 0 aliphatic rings. The fourth-order valence-corrected chi connectivity index (χ4v) is 1.00. The summed E-state index contributed by atoms with van der Waals surface area (Å²) >= 11 is 0. The van der Waals surface area contributed by atoms with Gasteiger partial charge in [0.25, 0.3) is 0 Å². The molecule has 1 rings (SSSR count). The second-order valence-corrected chi connectivity index (χ2v) is 2.78. The lowest BCUT2D eigenvalue weighted by Gasteiger charge is -2.16. The highest BCUT2D eigenvalue weighted by Crippen LogP contribution is 2.15. The minimum Gasteiger partial charge on any atom is -0.382 e. The molecule has 0 radical (unpaired) electrons. The molecule has 68 valence electrons. The van der Waals surface area contributed by atoms with Gasteiger partial charge in [-0.05, 0) is 6.92 Å². The Morgan fingerprint density at radius 3 is 2.75 bits per heavy atom. The van der Waals surface area contributed by atoms with Gasteiger partial charge in [-0.1, -0.05) is 0 Å². The predicted octanol–water partition coefficient (Wildman–Crippen LogP) is 0.488. The smallest absolute Gasteiger partial charge is 0.140 e. The Labute approximate surface area is 71.8 Å². The lowest BCUT2D eigenvalue weighted by atomic mass is 10.2. The average Bonchev–Trinajstić information content (AvgIpc) is 2.48. The summed E-state index contributed by atoms with van der Waals surface area (Å²) in [5, 5.41) is 9.65. The first-order valence-electron chi connectivity index (χ1n) is 3.85. The molecule has 0 saturated heterocycles. The van der Waals surface area contributed by atoms with Crippen LogP contribution in [0.1, 0.15) is 18.9 Å². The molecule has 0 amide bonds. The third kappa shape index (κ3) is 1.65. The van der Waals surface area contributed by atoms with E-state index in [2.05, 4.69) is 4.98 Å². The summed E-state index contributed by atoms with van der Waals surface area (Å²) in [7, 11) is 3.41. The zero-order valence-electron chi connectivity index (χ0n) is 7.56. The van der Waals surface area contributed by atoms with Crippen LogP contribution in [0.15, 0.2) is 12.4 Å². The van der Waals surface area contributed by atoms with Gasteiger partial charge >= 0.3 is 0 Å². The zero-order valence-corrected chi connectivity index (χ0v) is 7.56. The van der Waals surface area contributed by atoms with Crippen LogP contribution in [0.3, 0.4) is 0 Å². The molecule has 1 N–H and O–H groups in total. The molecular formula is C8H14N2O2. The van der Waals surface area contributed by atoms with E-state index in [9.17, 15) is 5.11 Å². The van der Waals surface area contributed by atoms with Crippen molar-refractivity contribution in [2.75, 3.05) is 7.11 Å². The number of aryl methyl sites for hydroxylation is 1. The van der Waals surface area contributed by atoms with Gasteiger partial charge in [-0.2, -0.15) is 0 Å². The summed E-state index contributed by atoms with van der Waals surface area (Å²) in [4.78, 5) is 4.02. The first-order valence-corrected chi connectivity index (χ1v) is 3.85. The Morgan fingerprint density at radius 1 is 1.67 bits per heavy atom. The highest BCUT2D eigenvalue weighted by Gasteiger charge is 2.19. The summed E-state index contributed by atoms with van der Waals surface area (Å²) in [6.45, 7) is 1.80. The van der Waals surface area contributed by atoms with Crippen molar-refractivity contribution in [3.05, 3.63) is 18.2 Å². The van der Waals surface area contributed by atoms with E-state index >= 15 is 0 Å². The quantitative estimate of drug-likeness (QED) is 0.718. The first kappa shape index (κ1) is 9.22. The number of hydrogen-bond acceptors (Lipinski definition) is 3. The van der Waals surface area contributed by atoms with Crippen molar-refractivity contribution in [3.63, 3.8) is 0 Å². The molecule has 2 unspecified atom stereocenters. The number of imidazole rings is 1. The van der Waals surface area contributed by atoms with Gasteiger partial charge in [0.2, 0.25) is 0 Å². The molecule has 1 heterocycles. The largest absolute Gasteiger partial charge is 0.382 e. The van der Waals surface area contributed by atoms with E-state index < -0.39 is 6.10 Å². The molecule has 0 saturated carbocycles. The van der Waals surface area contributed by atoms with Crippen LogP contribution in [0.4, 0.5) is 0 Å². The number of nitrogens with zero attached hydrogens (tertiary/aromatic N) is 2. The maximum Gasteiger partial charge on any atom is 0.140 e. The Balaban J connectivity index is 2.77. The van der Waals surface area contributed by atoms with E-state index in [0.717, 1.165) is 0 Å². The highest BCUT2D eigenvalue weighted by molar-refractivity contribution is 4.97. The van der Waals surface area contributed by atoms with Crippen LogP contribution < -0.4 is 0 Å². The second kappa shape index (κ2) is 3.69. The van der Waals surface area contributed by atoms with Gasteiger partial charge in [0, 0.05) is 26.6 Å². The van der Waals surface area contributed by atoms with E-state index in [1.165, 1.54) is 0 Å². The lowest BCUT2D eigenvalue weighted by Crippen LogP contribution is -2.19. The maximum atomic E-state index is 9.65. The van der Waals surface area contributed by atoms with Crippen molar-refractivity contribution >= 4 is 0 Å². The molecule has 0 aromatic carbocycles. The molecular weight excluding hydrogens is 156 g/mol. The maximum absolute atomic E-state index is 9.65. The molecule has 4 nitrogen and oxygen atoms in total. The van der Waals surface area contributed by atoms with Gasteiger partial charge in [-0.3, -0.25) is 0 Å². The number of aliphatic hydroxyl groups excluding tert-OH is 1. The number of methoxy groups -OCH3 is 1. The van der Waals surface area contributed by atoms with Crippen molar-refractivity contribution in [2.45, 2.75) is 19.1 Å². The number of rotatable bonds is 3. The van der Waals surface area contributed by atoms with Gasteiger partial charge < -0.3 is 14.4 Å². The summed E-state index contributed by atoms with van der Waals surface area (Å²) in [5.74, 6) is 0.629. The number of hydrogen-bond donors (Lipinski definition) is 1. The Bertz CT molecular complexity index is 247. The molecule has 0 aliphatic heterocycles. The molecule has 1 aromatic heterocycles. The predicted molar refractivity (Wildman–Crippen MR) is 44.6 cm³/mol. The fourth-order valence-electron chi connectivity index (χ4n) is 1.00. The van der Waals surface area contributed by atoms with Gasteiger partial charge in [-0.15, -0.1) is 0 Å². The highest BCUT2D eigenvalue weighted by atomic mass is 16.5. The van der Waals surface area contributed by atoms with E-state index in [1.807, 2.05) is 7.05 Å². The van der Waals surface area contributed by atoms with Crippen LogP contribution >= 0.6 is 0 Å². The summed E-state index contributed by atoms with van der Waals surface area (Å²) in [5.41, 5.74) is 0. The summed E-state index contributed by atoms with van der Waals surface area (Å²) in [6.07, 6.45) is 2.56. The molecule has 1 aromatic rings. The van der Waals surface area contributed by atoms with Crippen molar-refractivity contribution < 1.29 is 9.84 Å². The molecule has 2 atom stereocenters. The van der Waals surface area contributed by atoms with Crippen LogP contribution in [0.5, 0.6) is 0 Å². The number of aliphatic hydroxyl groups is 1. The van der Waals surface area contributed by atoms with Crippen molar-refractivity contribution in [2.24, 2.45) is 7.05 Å².